The van der Waals surface area contributed by atoms with E-state index in [1.807, 2.05) is 61.2 Å². The van der Waals surface area contributed by atoms with Gasteiger partial charge in [-0.2, -0.15) is 0 Å². The van der Waals surface area contributed by atoms with Crippen molar-refractivity contribution in [3.05, 3.63) is 108 Å². The van der Waals surface area contributed by atoms with E-state index in [9.17, 15) is 24.3 Å². The number of nitrogens with zero attached hydrogens (tertiary/aromatic N) is 4. The maximum absolute atomic E-state index is 14.3. The molecule has 14 nitrogen and oxygen atoms in total. The molecule has 4 amide bonds. The fraction of sp³-hybridized carbons (Fsp3) is 0.385. The van der Waals surface area contributed by atoms with Gasteiger partial charge >= 0.3 is 6.09 Å². The van der Waals surface area contributed by atoms with Crippen molar-refractivity contribution in [3.8, 4) is 11.1 Å². The Kier molecular flexibility index (Phi) is 12.0. The molecule has 5 aromatic carbocycles. The van der Waals surface area contributed by atoms with Gasteiger partial charge in [0.1, 0.15) is 29.3 Å². The van der Waals surface area contributed by atoms with Gasteiger partial charge in [-0.05, 0) is 110 Å². The fourth-order valence-electron chi connectivity index (χ4n) is 10.00. The van der Waals surface area contributed by atoms with E-state index in [0.717, 1.165) is 99.1 Å². The van der Waals surface area contributed by atoms with Crippen molar-refractivity contribution < 1.29 is 29.0 Å². The zero-order chi connectivity index (χ0) is 46.4. The summed E-state index contributed by atoms with van der Waals surface area (Å²) in [6, 6.07) is 28.0. The molecule has 0 unspecified atom stereocenters. The standard InChI is InChI=1S/C52H58N8O6/c1-7-35-15-11-16-41(60(35)49(62)42(29(2)3)58-51(64)66-6)47-54-39-25-21-34-28-32(19-23-37(34)45(39)56-47)31-18-22-36-33(27-31)20-24-38-44(36)55-46(53-38)40-17-12-26-59(40)48(61)43(30-13-9-8-10-14-30)57-50(63)52(4,5)65/h8-10,13-14,18-25,27-29,35,40-43,65H,7,11-12,15-17,26H2,1-6H3,(H,53,55)(H,54,56)(H,57,63)(H,58,64)/t35-,40-,41-,42-,43+/m0/s1. The minimum Gasteiger partial charge on any atom is -0.453 e. The van der Waals surface area contributed by atoms with Crippen LogP contribution in [0.15, 0.2) is 91.0 Å². The number of aromatic nitrogens is 4. The smallest absolute Gasteiger partial charge is 0.407 e. The summed E-state index contributed by atoms with van der Waals surface area (Å²) in [5.41, 5.74) is 4.55. The minimum absolute atomic E-state index is 0.0209. The van der Waals surface area contributed by atoms with Crippen LogP contribution in [0.2, 0.25) is 0 Å². The first-order chi connectivity index (χ1) is 31.7. The Hall–Kier alpha value is -6.80. The monoisotopic (exact) mass is 890 g/mol. The van der Waals surface area contributed by atoms with Gasteiger partial charge in [0.05, 0.1) is 41.3 Å². The lowest BCUT2D eigenvalue weighted by atomic mass is 9.91. The molecule has 2 aliphatic heterocycles. The molecule has 0 saturated carbocycles. The molecule has 66 heavy (non-hydrogen) atoms. The van der Waals surface area contributed by atoms with Gasteiger partial charge in [-0.25, -0.2) is 14.8 Å². The number of carbonyl (C=O) groups is 4. The number of rotatable bonds is 11. The van der Waals surface area contributed by atoms with Gasteiger partial charge in [0.15, 0.2) is 0 Å². The normalized spacial score (nSPS) is 18.9. The van der Waals surface area contributed by atoms with Crippen LogP contribution in [0.1, 0.15) is 108 Å². The summed E-state index contributed by atoms with van der Waals surface area (Å²) in [6.07, 6.45) is 4.30. The predicted molar refractivity (Wildman–Crippen MR) is 255 cm³/mol. The number of aromatic amines is 2. The van der Waals surface area contributed by atoms with Crippen LogP contribution in [0, 0.1) is 5.92 Å². The molecule has 4 heterocycles. The van der Waals surface area contributed by atoms with Crippen molar-refractivity contribution in [1.29, 1.82) is 0 Å². The van der Waals surface area contributed by atoms with Gasteiger partial charge in [-0.15, -0.1) is 0 Å². The largest absolute Gasteiger partial charge is 0.453 e. The third kappa shape index (κ3) is 8.34. The molecule has 5 N–H and O–H groups in total. The van der Waals surface area contributed by atoms with Crippen molar-refractivity contribution in [3.63, 3.8) is 0 Å². The number of ether oxygens (including phenoxy) is 1. The van der Waals surface area contributed by atoms with E-state index >= 15 is 0 Å². The molecular weight excluding hydrogens is 833 g/mol. The van der Waals surface area contributed by atoms with E-state index in [4.69, 9.17) is 14.7 Å². The summed E-state index contributed by atoms with van der Waals surface area (Å²) < 4.78 is 4.87. The van der Waals surface area contributed by atoms with Crippen molar-refractivity contribution in [1.82, 2.24) is 40.4 Å². The quantitative estimate of drug-likeness (QED) is 0.0852. The number of H-pyrrole nitrogens is 2. The SMILES string of the molecule is CC[C@H]1CCC[C@@H](c2nc3ccc4cc(-c5ccc6c(ccc7nc([C@@H]8CCCN8C(=O)[C@H](NC(=O)C(C)(C)O)c8ccccc8)[nH]c76)c5)ccc4c3[nH]2)N1C(=O)[C@@H](NC(=O)OC)C(C)C. The Morgan fingerprint density at radius 3 is 1.92 bits per heavy atom. The third-order valence-corrected chi connectivity index (χ3v) is 13.6. The van der Waals surface area contributed by atoms with Crippen molar-refractivity contribution in [2.75, 3.05) is 13.7 Å². The molecule has 0 spiro atoms. The Balaban J connectivity index is 0.985. The second kappa shape index (κ2) is 17.9. The van der Waals surface area contributed by atoms with Crippen LogP contribution in [0.25, 0.3) is 54.7 Å². The molecule has 7 aromatic rings. The van der Waals surface area contributed by atoms with E-state index in [2.05, 4.69) is 76.1 Å². The number of methoxy groups -OCH3 is 1. The summed E-state index contributed by atoms with van der Waals surface area (Å²) in [6.45, 7) is 9.28. The van der Waals surface area contributed by atoms with Crippen LogP contribution in [0.3, 0.4) is 0 Å². The van der Waals surface area contributed by atoms with Gasteiger partial charge in [0.25, 0.3) is 5.91 Å². The lowest BCUT2D eigenvalue weighted by molar-refractivity contribution is -0.143. The molecule has 0 bridgehead atoms. The van der Waals surface area contributed by atoms with Gasteiger partial charge in [-0.1, -0.05) is 87.5 Å². The number of nitrogens with one attached hydrogen (secondary N) is 4. The molecule has 2 saturated heterocycles. The highest BCUT2D eigenvalue weighted by Gasteiger charge is 2.41. The zero-order valence-corrected chi connectivity index (χ0v) is 38.4. The van der Waals surface area contributed by atoms with E-state index in [1.165, 1.54) is 21.0 Å². The maximum atomic E-state index is 14.3. The number of likely N-dealkylation sites (tertiary alicyclic amines) is 2. The van der Waals surface area contributed by atoms with Crippen LogP contribution in [0.4, 0.5) is 4.79 Å². The van der Waals surface area contributed by atoms with Gasteiger partial charge in [-0.3, -0.25) is 14.4 Å². The second-order valence-electron chi connectivity index (χ2n) is 18.7. The highest BCUT2D eigenvalue weighted by Crippen LogP contribution is 2.39. The average molecular weight is 891 g/mol. The summed E-state index contributed by atoms with van der Waals surface area (Å²) >= 11 is 0. The Labute approximate surface area is 383 Å². The number of amides is 4. The Bertz CT molecular complexity index is 2970. The topological polar surface area (TPSA) is 186 Å². The summed E-state index contributed by atoms with van der Waals surface area (Å²) in [5, 5.41) is 20.2. The fourth-order valence-corrected chi connectivity index (χ4v) is 10.00. The Morgan fingerprint density at radius 1 is 0.773 bits per heavy atom. The van der Waals surface area contributed by atoms with E-state index < -0.39 is 29.7 Å². The molecule has 0 radical (unpaired) electrons. The van der Waals surface area contributed by atoms with Crippen molar-refractivity contribution in [2.24, 2.45) is 5.92 Å². The maximum Gasteiger partial charge on any atom is 0.407 e. The van der Waals surface area contributed by atoms with Crippen LogP contribution in [-0.4, -0.2) is 90.0 Å². The van der Waals surface area contributed by atoms with Gasteiger partial charge in [0, 0.05) is 23.4 Å². The van der Waals surface area contributed by atoms with Crippen LogP contribution in [-0.2, 0) is 19.1 Å². The molecule has 0 aliphatic carbocycles. The first-order valence-corrected chi connectivity index (χ1v) is 23.1. The highest BCUT2D eigenvalue weighted by atomic mass is 16.5. The molecule has 14 heteroatoms. The summed E-state index contributed by atoms with van der Waals surface area (Å²) in [5.74, 6) is 0.306. The number of benzene rings is 5. The van der Waals surface area contributed by atoms with E-state index in [-0.39, 0.29) is 35.9 Å². The number of aliphatic hydroxyl groups is 1. The lowest BCUT2D eigenvalue weighted by Gasteiger charge is -2.43. The minimum atomic E-state index is -1.66. The Morgan fingerprint density at radius 2 is 1.36 bits per heavy atom. The number of fused-ring (bicyclic) bond motifs is 6. The number of piperidine rings is 1. The number of carbonyl (C=O) groups excluding carboxylic acids is 4. The number of imidazole rings is 2. The number of hydrogen-bond donors (Lipinski definition) is 5. The van der Waals surface area contributed by atoms with Crippen molar-refractivity contribution >= 4 is 67.4 Å². The van der Waals surface area contributed by atoms with Crippen LogP contribution < -0.4 is 10.6 Å². The number of alkyl carbamates (subject to hydrolysis) is 1. The van der Waals surface area contributed by atoms with E-state index in [0.29, 0.717) is 17.9 Å². The molecule has 2 aliphatic rings. The first-order valence-electron chi connectivity index (χ1n) is 23.1. The van der Waals surface area contributed by atoms with Crippen LogP contribution >= 0.6 is 0 Å². The summed E-state index contributed by atoms with van der Waals surface area (Å²) in [7, 11) is 1.31. The first kappa shape index (κ1) is 44.4. The molecule has 2 fully saturated rings. The molecular formula is C52H58N8O6. The molecule has 5 atom stereocenters. The number of hydrogen-bond acceptors (Lipinski definition) is 8. The second-order valence-corrected chi connectivity index (χ2v) is 18.7. The van der Waals surface area contributed by atoms with Gasteiger partial charge < -0.3 is 40.2 Å². The summed E-state index contributed by atoms with van der Waals surface area (Å²) in [4.78, 5) is 74.9. The zero-order valence-electron chi connectivity index (χ0n) is 38.4. The highest BCUT2D eigenvalue weighted by molar-refractivity contribution is 6.07. The van der Waals surface area contributed by atoms with Crippen LogP contribution in [0.5, 0.6) is 0 Å². The lowest BCUT2D eigenvalue weighted by Crippen LogP contribution is -2.56. The molecule has 342 valence electrons. The average Bonchev–Trinajstić information content (AvgIpc) is 4.10. The predicted octanol–water partition coefficient (Wildman–Crippen LogP) is 8.92. The molecule has 9 rings (SSSR count). The molecule has 2 aromatic heterocycles. The van der Waals surface area contributed by atoms with Crippen molar-refractivity contribution in [2.45, 2.75) is 109 Å². The van der Waals surface area contributed by atoms with E-state index in [1.54, 1.807) is 4.90 Å². The van der Waals surface area contributed by atoms with Gasteiger partial charge in [0.2, 0.25) is 11.8 Å². The third-order valence-electron chi connectivity index (χ3n) is 13.6.